The Bertz CT molecular complexity index is 1200. The zero-order chi connectivity index (χ0) is 27.3. The predicted molar refractivity (Wildman–Crippen MR) is 149 cm³/mol. The van der Waals surface area contributed by atoms with Crippen LogP contribution in [0.15, 0.2) is 66.9 Å². The molecule has 2 atom stereocenters. The lowest BCUT2D eigenvalue weighted by molar-refractivity contribution is -0.131. The number of pyridine rings is 1. The van der Waals surface area contributed by atoms with Gasteiger partial charge in [0.05, 0.1) is 23.4 Å². The summed E-state index contributed by atoms with van der Waals surface area (Å²) in [6.45, 7) is 1.43. The average Bonchev–Trinajstić information content (AvgIpc) is 2.93. The molecule has 38 heavy (non-hydrogen) atoms. The van der Waals surface area contributed by atoms with Crippen molar-refractivity contribution in [3.8, 4) is 0 Å². The highest BCUT2D eigenvalue weighted by Gasteiger charge is 2.25. The highest BCUT2D eigenvalue weighted by molar-refractivity contribution is 5.99. The molecule has 1 aromatic heterocycles. The molecular weight excluding hydrogens is 482 g/mol. The van der Waals surface area contributed by atoms with Crippen molar-refractivity contribution in [1.29, 1.82) is 0 Å². The molecule has 0 spiro atoms. The normalized spacial score (nSPS) is 12.5. The van der Waals surface area contributed by atoms with E-state index >= 15 is 0 Å². The fraction of sp³-hybridized carbons (Fsp3) is 0.357. The quantitative estimate of drug-likeness (QED) is 0.213. The Hall–Kier alpha value is -3.86. The fourth-order valence-electron chi connectivity index (χ4n) is 4.11. The van der Waals surface area contributed by atoms with Gasteiger partial charge in [-0.2, -0.15) is 0 Å². The smallest absolute Gasteiger partial charge is 0.247 e. The van der Waals surface area contributed by atoms with Crippen LogP contribution in [-0.2, 0) is 20.8 Å². The predicted octanol–water partition coefficient (Wildman–Crippen LogP) is 1.14. The van der Waals surface area contributed by atoms with Crippen molar-refractivity contribution >= 4 is 34.3 Å². The zero-order valence-electron chi connectivity index (χ0n) is 21.5. The topological polar surface area (TPSA) is 169 Å². The molecule has 3 aromatic rings. The number of nitrogens with one attached hydrogen (secondary N) is 2. The summed E-state index contributed by atoms with van der Waals surface area (Å²) in [6, 6.07) is 17.4. The maximum absolute atomic E-state index is 13.2. The summed E-state index contributed by atoms with van der Waals surface area (Å²) in [7, 11) is 0. The van der Waals surface area contributed by atoms with E-state index in [0.29, 0.717) is 44.7 Å². The maximum atomic E-state index is 13.2. The van der Waals surface area contributed by atoms with Crippen molar-refractivity contribution in [2.45, 2.75) is 37.8 Å². The van der Waals surface area contributed by atoms with E-state index in [0.717, 1.165) is 16.5 Å². The van der Waals surface area contributed by atoms with Gasteiger partial charge in [-0.05, 0) is 37.0 Å². The van der Waals surface area contributed by atoms with Crippen LogP contribution in [0, 0.1) is 0 Å². The Kier molecular flexibility index (Phi) is 11.2. The molecule has 0 aliphatic rings. The van der Waals surface area contributed by atoms with Crippen molar-refractivity contribution in [2.24, 2.45) is 17.2 Å². The molecule has 1 heterocycles. The Balaban J connectivity index is 1.65. The third-order valence-corrected chi connectivity index (χ3v) is 6.21. The lowest BCUT2D eigenvalue weighted by Crippen LogP contribution is -2.50. The number of carbonyl (C=O) groups excluding carboxylic acids is 3. The third-order valence-electron chi connectivity index (χ3n) is 6.21. The molecule has 0 fully saturated rings. The molecule has 10 nitrogen and oxygen atoms in total. The Morgan fingerprint density at radius 1 is 0.895 bits per heavy atom. The fourth-order valence-corrected chi connectivity index (χ4v) is 4.11. The van der Waals surface area contributed by atoms with Crippen LogP contribution >= 0.6 is 0 Å². The Morgan fingerprint density at radius 2 is 1.58 bits per heavy atom. The minimum Gasteiger partial charge on any atom is -0.343 e. The molecule has 0 saturated heterocycles. The van der Waals surface area contributed by atoms with Crippen molar-refractivity contribution in [2.75, 3.05) is 31.5 Å². The molecule has 0 bridgehead atoms. The molecule has 3 amide bonds. The molecule has 2 aromatic carbocycles. The van der Waals surface area contributed by atoms with Crippen LogP contribution in [0.5, 0.6) is 0 Å². The molecule has 0 aliphatic carbocycles. The Morgan fingerprint density at radius 3 is 2.29 bits per heavy atom. The number of aromatic nitrogens is 1. The number of amides is 3. The van der Waals surface area contributed by atoms with E-state index in [2.05, 4.69) is 15.6 Å². The van der Waals surface area contributed by atoms with Gasteiger partial charge in [-0.1, -0.05) is 48.5 Å². The van der Waals surface area contributed by atoms with Crippen LogP contribution in [0.4, 0.5) is 5.69 Å². The summed E-state index contributed by atoms with van der Waals surface area (Å²) in [5.41, 5.74) is 19.6. The van der Waals surface area contributed by atoms with Crippen LogP contribution in [0.1, 0.15) is 24.8 Å². The standard InChI is InChI=1S/C28H37N7O3/c29-14-16-35(17-15-30)26(36)13-11-23(31)27(37)34-25(12-10-20-6-2-1-3-7-20)28(38)33-22-18-21-8-4-5-9-24(21)32-19-22/h1-9,18-19,23,25H,10-17,29-31H2,(H,33,38)(H,34,37). The minimum absolute atomic E-state index is 0.0816. The van der Waals surface area contributed by atoms with Crippen molar-refractivity contribution in [3.63, 3.8) is 0 Å². The average molecular weight is 520 g/mol. The zero-order valence-corrected chi connectivity index (χ0v) is 21.5. The van der Waals surface area contributed by atoms with Crippen molar-refractivity contribution < 1.29 is 14.4 Å². The number of nitrogens with two attached hydrogens (primary N) is 3. The van der Waals surface area contributed by atoms with Crippen LogP contribution < -0.4 is 27.8 Å². The lowest BCUT2D eigenvalue weighted by Gasteiger charge is -2.23. The van der Waals surface area contributed by atoms with Crippen LogP contribution in [0.25, 0.3) is 10.9 Å². The second-order valence-corrected chi connectivity index (χ2v) is 9.09. The largest absolute Gasteiger partial charge is 0.343 e. The van der Waals surface area contributed by atoms with E-state index in [1.165, 1.54) is 0 Å². The first-order valence-corrected chi connectivity index (χ1v) is 12.8. The van der Waals surface area contributed by atoms with Gasteiger partial charge in [0.25, 0.3) is 0 Å². The number of fused-ring (bicyclic) bond motifs is 1. The molecule has 0 saturated carbocycles. The van der Waals surface area contributed by atoms with Gasteiger partial charge in [-0.25, -0.2) is 0 Å². The van der Waals surface area contributed by atoms with Crippen molar-refractivity contribution in [3.05, 3.63) is 72.4 Å². The first-order valence-electron chi connectivity index (χ1n) is 12.8. The minimum atomic E-state index is -0.953. The van der Waals surface area contributed by atoms with Gasteiger partial charge >= 0.3 is 0 Å². The van der Waals surface area contributed by atoms with Gasteiger partial charge in [0, 0.05) is 38.0 Å². The third kappa shape index (κ3) is 8.62. The van der Waals surface area contributed by atoms with Crippen LogP contribution in [0.2, 0.25) is 0 Å². The highest BCUT2D eigenvalue weighted by atomic mass is 16.2. The number of aryl methyl sites for hydroxylation is 1. The van der Waals surface area contributed by atoms with Crippen LogP contribution in [0.3, 0.4) is 0 Å². The van der Waals surface area contributed by atoms with Crippen molar-refractivity contribution in [1.82, 2.24) is 15.2 Å². The number of hydrogen-bond acceptors (Lipinski definition) is 7. The van der Waals surface area contributed by atoms with E-state index < -0.39 is 18.0 Å². The first-order chi connectivity index (χ1) is 18.4. The molecule has 0 aliphatic heterocycles. The van der Waals surface area contributed by atoms with E-state index in [-0.39, 0.29) is 24.7 Å². The SMILES string of the molecule is NCCN(CCN)C(=O)CCC(N)C(=O)NC(CCc1ccccc1)C(=O)Nc1cnc2ccccc2c1. The van der Waals surface area contributed by atoms with Gasteiger partial charge in [0.15, 0.2) is 0 Å². The Labute approximate surface area is 222 Å². The van der Waals surface area contributed by atoms with Gasteiger partial charge in [-0.3, -0.25) is 19.4 Å². The van der Waals surface area contributed by atoms with Gasteiger partial charge in [0.1, 0.15) is 6.04 Å². The number of benzene rings is 2. The molecule has 2 unspecified atom stereocenters. The summed E-state index contributed by atoms with van der Waals surface area (Å²) in [6.07, 6.45) is 2.75. The second-order valence-electron chi connectivity index (χ2n) is 9.09. The lowest BCUT2D eigenvalue weighted by atomic mass is 10.0. The molecular formula is C28H37N7O3. The van der Waals surface area contributed by atoms with E-state index in [1.807, 2.05) is 60.7 Å². The van der Waals surface area contributed by atoms with E-state index in [4.69, 9.17) is 17.2 Å². The van der Waals surface area contributed by atoms with Gasteiger partial charge < -0.3 is 32.7 Å². The summed E-state index contributed by atoms with van der Waals surface area (Å²) < 4.78 is 0. The number of nitrogens with zero attached hydrogens (tertiary/aromatic N) is 2. The molecule has 3 rings (SSSR count). The number of rotatable bonds is 14. The molecule has 0 radical (unpaired) electrons. The first kappa shape index (κ1) is 28.7. The summed E-state index contributed by atoms with van der Waals surface area (Å²) >= 11 is 0. The number of carbonyl (C=O) groups is 3. The number of anilines is 1. The van der Waals surface area contributed by atoms with E-state index in [1.54, 1.807) is 11.1 Å². The molecule has 202 valence electrons. The molecule has 8 N–H and O–H groups in total. The second kappa shape index (κ2) is 14.8. The number of para-hydroxylation sites is 1. The highest BCUT2D eigenvalue weighted by Crippen LogP contribution is 2.17. The molecule has 10 heteroatoms. The number of hydrogen-bond donors (Lipinski definition) is 5. The van der Waals surface area contributed by atoms with E-state index in [9.17, 15) is 14.4 Å². The van der Waals surface area contributed by atoms with Gasteiger partial charge in [0.2, 0.25) is 17.7 Å². The summed E-state index contributed by atoms with van der Waals surface area (Å²) in [5.74, 6) is -1.02. The monoisotopic (exact) mass is 519 g/mol. The van der Waals surface area contributed by atoms with Gasteiger partial charge in [-0.15, -0.1) is 0 Å². The summed E-state index contributed by atoms with van der Waals surface area (Å²) in [5, 5.41) is 6.54. The maximum Gasteiger partial charge on any atom is 0.247 e. The summed E-state index contributed by atoms with van der Waals surface area (Å²) in [4.78, 5) is 44.6. The van der Waals surface area contributed by atoms with Crippen LogP contribution in [-0.4, -0.2) is 65.9 Å².